The van der Waals surface area contributed by atoms with Gasteiger partial charge in [0, 0.05) is 6.42 Å². The van der Waals surface area contributed by atoms with Crippen LogP contribution in [0.2, 0.25) is 0 Å². The summed E-state index contributed by atoms with van der Waals surface area (Å²) in [6, 6.07) is 0. The fourth-order valence-corrected chi connectivity index (χ4v) is 13.1. The van der Waals surface area contributed by atoms with E-state index in [0.717, 1.165) is 19.3 Å². The predicted octanol–water partition coefficient (Wildman–Crippen LogP) is 2.11. The van der Waals surface area contributed by atoms with Gasteiger partial charge in [-0.2, -0.15) is 0 Å². The van der Waals surface area contributed by atoms with Crippen molar-refractivity contribution in [1.82, 2.24) is 0 Å². The van der Waals surface area contributed by atoms with Crippen LogP contribution in [0.25, 0.3) is 0 Å². The molecule has 54 heavy (non-hydrogen) atoms. The third-order valence-corrected chi connectivity index (χ3v) is 16.1. The Labute approximate surface area is 320 Å². The molecule has 20 atom stereocenters. The van der Waals surface area contributed by atoms with Gasteiger partial charge < -0.3 is 64.9 Å². The number of rotatable bonds is 9. The summed E-state index contributed by atoms with van der Waals surface area (Å²) in [6.07, 6.45) is -7.93. The summed E-state index contributed by atoms with van der Waals surface area (Å²) in [6.45, 7) is 16.3. The van der Waals surface area contributed by atoms with Crippen LogP contribution in [0.1, 0.15) is 113 Å². The molecule has 4 unspecified atom stereocenters. The van der Waals surface area contributed by atoms with E-state index in [1.165, 1.54) is 5.57 Å². The second-order valence-corrected chi connectivity index (χ2v) is 19.8. The van der Waals surface area contributed by atoms with E-state index in [2.05, 4.69) is 40.7 Å². The van der Waals surface area contributed by atoms with Crippen LogP contribution in [-0.4, -0.2) is 132 Å². The maximum Gasteiger partial charge on any atom is 0.187 e. The second kappa shape index (κ2) is 15.1. The van der Waals surface area contributed by atoms with Crippen molar-refractivity contribution in [2.75, 3.05) is 6.61 Å². The molecular formula is C41H70O13. The molecule has 2 aliphatic heterocycles. The molecule has 6 fully saturated rings. The number of hydrogen-bond acceptors (Lipinski definition) is 13. The minimum Gasteiger partial charge on any atom is -0.394 e. The minimum absolute atomic E-state index is 0.0443. The summed E-state index contributed by atoms with van der Waals surface area (Å²) in [5.74, 6) is -0.513. The highest BCUT2D eigenvalue weighted by Crippen LogP contribution is 2.76. The summed E-state index contributed by atoms with van der Waals surface area (Å²) in [4.78, 5) is 0. The van der Waals surface area contributed by atoms with E-state index in [9.17, 15) is 46.0 Å². The van der Waals surface area contributed by atoms with E-state index in [4.69, 9.17) is 18.9 Å². The van der Waals surface area contributed by atoms with E-state index in [0.29, 0.717) is 32.1 Å². The third kappa shape index (κ3) is 6.96. The Morgan fingerprint density at radius 1 is 0.815 bits per heavy atom. The molecule has 6 rings (SSSR count). The summed E-state index contributed by atoms with van der Waals surface area (Å²) >= 11 is 0. The van der Waals surface area contributed by atoms with Crippen molar-refractivity contribution in [2.45, 2.75) is 193 Å². The van der Waals surface area contributed by atoms with Crippen molar-refractivity contribution in [1.29, 1.82) is 0 Å². The van der Waals surface area contributed by atoms with Crippen LogP contribution in [0.15, 0.2) is 11.6 Å². The quantitative estimate of drug-likeness (QED) is 0.121. The molecule has 0 spiro atoms. The van der Waals surface area contributed by atoms with Gasteiger partial charge in [-0.25, -0.2) is 0 Å². The Hall–Kier alpha value is -0.780. The zero-order valence-electron chi connectivity index (χ0n) is 33.5. The van der Waals surface area contributed by atoms with Crippen molar-refractivity contribution in [3.63, 3.8) is 0 Å². The van der Waals surface area contributed by atoms with Gasteiger partial charge in [-0.3, -0.25) is 0 Å². The fourth-order valence-electron chi connectivity index (χ4n) is 13.1. The van der Waals surface area contributed by atoms with Gasteiger partial charge in [-0.05, 0) is 117 Å². The number of aliphatic hydroxyl groups excluding tert-OH is 8. The monoisotopic (exact) mass is 770 g/mol. The van der Waals surface area contributed by atoms with Crippen molar-refractivity contribution in [3.05, 3.63) is 11.6 Å². The van der Waals surface area contributed by atoms with Crippen LogP contribution < -0.4 is 0 Å². The van der Waals surface area contributed by atoms with Gasteiger partial charge in [0.15, 0.2) is 18.9 Å². The van der Waals surface area contributed by atoms with Crippen LogP contribution in [0.4, 0.5) is 0 Å². The molecule has 0 radical (unpaired) electrons. The Morgan fingerprint density at radius 3 is 2.15 bits per heavy atom. The van der Waals surface area contributed by atoms with E-state index in [1.54, 1.807) is 0 Å². The summed E-state index contributed by atoms with van der Waals surface area (Å²) in [5.41, 5.74) is -1.69. The number of allylic oxidation sites excluding steroid dienone is 2. The third-order valence-electron chi connectivity index (χ3n) is 16.1. The van der Waals surface area contributed by atoms with Crippen LogP contribution in [-0.2, 0) is 18.9 Å². The van der Waals surface area contributed by atoms with Gasteiger partial charge >= 0.3 is 0 Å². The van der Waals surface area contributed by atoms with E-state index >= 15 is 0 Å². The lowest BCUT2D eigenvalue weighted by molar-refractivity contribution is -0.387. The fraction of sp³-hybridized carbons (Fsp3) is 0.951. The topological polar surface area (TPSA) is 219 Å². The van der Waals surface area contributed by atoms with Gasteiger partial charge in [0.2, 0.25) is 0 Å². The zero-order valence-corrected chi connectivity index (χ0v) is 33.5. The predicted molar refractivity (Wildman–Crippen MR) is 196 cm³/mol. The zero-order chi connectivity index (χ0) is 39.9. The molecule has 312 valence electrons. The lowest BCUT2D eigenvalue weighted by atomic mass is 9.34. The van der Waals surface area contributed by atoms with Crippen LogP contribution in [0.5, 0.6) is 0 Å². The highest BCUT2D eigenvalue weighted by Gasteiger charge is 2.73. The Kier molecular flexibility index (Phi) is 12.0. The highest BCUT2D eigenvalue weighted by molar-refractivity contribution is 5.22. The molecule has 6 aliphatic rings. The lowest BCUT2D eigenvalue weighted by Gasteiger charge is -2.72. The Balaban J connectivity index is 1.38. The van der Waals surface area contributed by atoms with Gasteiger partial charge in [0.25, 0.3) is 0 Å². The van der Waals surface area contributed by atoms with Gasteiger partial charge in [-0.15, -0.1) is 0 Å². The van der Waals surface area contributed by atoms with Gasteiger partial charge in [0.1, 0.15) is 36.6 Å². The highest BCUT2D eigenvalue weighted by atomic mass is 16.8. The molecule has 0 bridgehead atoms. The average molecular weight is 771 g/mol. The smallest absolute Gasteiger partial charge is 0.187 e. The molecule has 9 N–H and O–H groups in total. The number of hydrogen-bond donors (Lipinski definition) is 9. The standard InChI is InChI=1S/C41H70O13/c1-20(2)10-9-13-41(8,50)21-11-15-39(6)29(21)22(43)17-27-38(5)14-12-28(46)37(3,4)33(38)25(18-40(27,39)7)51-36-32(31(48)30(47)26(19-42)52-36)53-35-24(45)16-23(44)34(49)54-35/h10,21-36,42-50H,9,11-19H2,1-8H3/t21-,22+,23+,24?,25-,26?,27+,28-,29-,30+,31+,32?,33-,34?,35+,36+,38+,39+,40+,41-/m0/s1. The van der Waals surface area contributed by atoms with Crippen molar-refractivity contribution in [2.24, 2.45) is 45.3 Å². The molecule has 2 heterocycles. The lowest BCUT2D eigenvalue weighted by Crippen LogP contribution is -2.71. The first kappa shape index (κ1) is 42.8. The van der Waals surface area contributed by atoms with Crippen molar-refractivity contribution >= 4 is 0 Å². The molecule has 0 amide bonds. The largest absolute Gasteiger partial charge is 0.394 e. The van der Waals surface area contributed by atoms with E-state index in [-0.39, 0.29) is 30.1 Å². The molecule has 0 aromatic carbocycles. The van der Waals surface area contributed by atoms with E-state index < -0.39 is 108 Å². The van der Waals surface area contributed by atoms with Gasteiger partial charge in [0.05, 0.1) is 30.5 Å². The SMILES string of the molecule is CC(C)=CCC[C@](C)(O)[C@H]1CC[C@]2(C)[C@@H]1[C@H](O)C[C@@H]1[C@@]3(C)CC[C@H](O)C(C)(C)[C@@H]3[C@@H](O[C@@H]3OC(CO)[C@@H](O)[C@@H](O)C3O[C@@H]3OC(O)[C@H](O)CC3O)C[C@]12C. The maximum absolute atomic E-state index is 12.2. The molecule has 0 aromatic heterocycles. The molecular weight excluding hydrogens is 700 g/mol. The molecule has 13 heteroatoms. The van der Waals surface area contributed by atoms with Crippen molar-refractivity contribution in [3.8, 4) is 0 Å². The second-order valence-electron chi connectivity index (χ2n) is 19.8. The van der Waals surface area contributed by atoms with Crippen LogP contribution in [0, 0.1) is 45.3 Å². The van der Waals surface area contributed by atoms with Crippen LogP contribution in [0.3, 0.4) is 0 Å². The Bertz CT molecular complexity index is 1350. The average Bonchev–Trinajstić information content (AvgIpc) is 3.46. The number of ether oxygens (including phenoxy) is 4. The maximum atomic E-state index is 12.2. The minimum atomic E-state index is -1.66. The molecule has 13 nitrogen and oxygen atoms in total. The van der Waals surface area contributed by atoms with Crippen LogP contribution >= 0.6 is 0 Å². The van der Waals surface area contributed by atoms with Crippen molar-refractivity contribution < 1.29 is 64.9 Å². The number of aliphatic hydroxyl groups is 9. The Morgan fingerprint density at radius 2 is 1.50 bits per heavy atom. The molecule has 4 aliphatic carbocycles. The first-order valence-electron chi connectivity index (χ1n) is 20.4. The summed E-state index contributed by atoms with van der Waals surface area (Å²) < 4.78 is 24.6. The van der Waals surface area contributed by atoms with Gasteiger partial charge in [-0.1, -0.05) is 46.3 Å². The summed E-state index contributed by atoms with van der Waals surface area (Å²) in [7, 11) is 0. The normalized spacial score (nSPS) is 52.8. The first-order valence-corrected chi connectivity index (χ1v) is 20.4. The summed E-state index contributed by atoms with van der Waals surface area (Å²) in [5, 5.41) is 99.4. The molecule has 4 saturated carbocycles. The van der Waals surface area contributed by atoms with E-state index in [1.807, 2.05) is 20.8 Å². The first-order chi connectivity index (χ1) is 25.0. The molecule has 2 saturated heterocycles. The molecule has 0 aromatic rings. The number of fused-ring (bicyclic) bond motifs is 5.